The van der Waals surface area contributed by atoms with Gasteiger partial charge in [0.2, 0.25) is 5.89 Å². The fourth-order valence-electron chi connectivity index (χ4n) is 3.34. The Balaban J connectivity index is 1.73. The van der Waals surface area contributed by atoms with Crippen molar-refractivity contribution in [3.8, 4) is 0 Å². The highest BCUT2D eigenvalue weighted by molar-refractivity contribution is 5.08. The van der Waals surface area contributed by atoms with Gasteiger partial charge in [-0.05, 0) is 44.4 Å². The largest absolute Gasteiger partial charge is 0.339 e. The van der Waals surface area contributed by atoms with E-state index in [-0.39, 0.29) is 5.54 Å². The summed E-state index contributed by atoms with van der Waals surface area (Å²) in [4.78, 5) is 4.61. The summed E-state index contributed by atoms with van der Waals surface area (Å²) in [7, 11) is 0. The van der Waals surface area contributed by atoms with Gasteiger partial charge in [-0.15, -0.1) is 0 Å². The molecule has 0 aromatic carbocycles. The Bertz CT molecular complexity index is 401. The summed E-state index contributed by atoms with van der Waals surface area (Å²) in [6, 6.07) is 0. The molecule has 2 fully saturated rings. The number of nitrogens with zero attached hydrogens (tertiary/aromatic N) is 2. The minimum absolute atomic E-state index is 0.316. The Hall–Kier alpha value is -0.900. The molecule has 0 spiro atoms. The van der Waals surface area contributed by atoms with E-state index in [9.17, 15) is 0 Å². The Morgan fingerprint density at radius 2 is 1.83 bits per heavy atom. The lowest BCUT2D eigenvalue weighted by Crippen LogP contribution is -2.34. The summed E-state index contributed by atoms with van der Waals surface area (Å²) >= 11 is 0. The summed E-state index contributed by atoms with van der Waals surface area (Å²) in [5.74, 6) is 2.88. The van der Waals surface area contributed by atoms with Crippen molar-refractivity contribution in [3.63, 3.8) is 0 Å². The highest BCUT2D eigenvalue weighted by atomic mass is 16.5. The smallest absolute Gasteiger partial charge is 0.229 e. The number of hydrogen-bond donors (Lipinski definition) is 1. The van der Waals surface area contributed by atoms with E-state index in [1.54, 1.807) is 0 Å². The van der Waals surface area contributed by atoms with Crippen molar-refractivity contribution in [2.24, 2.45) is 11.7 Å². The van der Waals surface area contributed by atoms with E-state index >= 15 is 0 Å². The van der Waals surface area contributed by atoms with Crippen LogP contribution in [0, 0.1) is 5.92 Å². The molecule has 2 N–H and O–H groups in total. The van der Waals surface area contributed by atoms with Gasteiger partial charge in [0.05, 0.1) is 5.54 Å². The molecule has 4 nitrogen and oxygen atoms in total. The zero-order chi connectivity index (χ0) is 12.6. The molecule has 1 aromatic heterocycles. The average Bonchev–Trinajstić information content (AvgIpc) is 2.99. The molecule has 4 heteroatoms. The van der Waals surface area contributed by atoms with Crippen molar-refractivity contribution in [1.82, 2.24) is 10.1 Å². The van der Waals surface area contributed by atoms with Crippen molar-refractivity contribution in [2.75, 3.05) is 0 Å². The van der Waals surface area contributed by atoms with Gasteiger partial charge in [-0.25, -0.2) is 0 Å². The molecule has 0 saturated heterocycles. The van der Waals surface area contributed by atoms with Gasteiger partial charge >= 0.3 is 0 Å². The predicted octanol–water partition coefficient (Wildman–Crippen LogP) is 3.09. The molecule has 0 bridgehead atoms. The number of hydrogen-bond acceptors (Lipinski definition) is 4. The minimum Gasteiger partial charge on any atom is -0.339 e. The van der Waals surface area contributed by atoms with Gasteiger partial charge in [0.25, 0.3) is 0 Å². The van der Waals surface area contributed by atoms with Crippen LogP contribution in [0.1, 0.15) is 75.9 Å². The first-order chi connectivity index (χ1) is 8.67. The average molecular weight is 249 g/mol. The molecule has 0 amide bonds. The molecule has 100 valence electrons. The maximum absolute atomic E-state index is 6.36. The van der Waals surface area contributed by atoms with Gasteiger partial charge in [-0.1, -0.05) is 24.9 Å². The van der Waals surface area contributed by atoms with E-state index < -0.39 is 0 Å². The van der Waals surface area contributed by atoms with Gasteiger partial charge in [0.15, 0.2) is 5.82 Å². The molecule has 0 unspecified atom stereocenters. The highest BCUT2D eigenvalue weighted by Gasteiger charge is 2.37. The lowest BCUT2D eigenvalue weighted by atomic mass is 9.83. The second-order valence-corrected chi connectivity index (χ2v) is 6.28. The first-order valence-electron chi connectivity index (χ1n) is 7.30. The standard InChI is InChI=1S/C14H23N3O/c1-10-4-6-11(7-5-10)12-16-13(17-18-12)14(15)8-2-3-9-14/h10-11H,2-9,15H2,1H3. The third kappa shape index (κ3) is 2.18. The Morgan fingerprint density at radius 3 is 2.50 bits per heavy atom. The van der Waals surface area contributed by atoms with E-state index in [4.69, 9.17) is 10.3 Å². The predicted molar refractivity (Wildman–Crippen MR) is 69.0 cm³/mol. The summed E-state index contributed by atoms with van der Waals surface area (Å²) < 4.78 is 5.48. The molecule has 2 aliphatic carbocycles. The molecule has 0 aliphatic heterocycles. The van der Waals surface area contributed by atoms with Crippen molar-refractivity contribution in [3.05, 3.63) is 11.7 Å². The quantitative estimate of drug-likeness (QED) is 0.874. The van der Waals surface area contributed by atoms with Gasteiger partial charge in [-0.3, -0.25) is 0 Å². The molecule has 18 heavy (non-hydrogen) atoms. The molecule has 2 aliphatic rings. The van der Waals surface area contributed by atoms with Crippen LogP contribution < -0.4 is 5.73 Å². The first kappa shape index (κ1) is 12.2. The number of nitrogens with two attached hydrogens (primary N) is 1. The van der Waals surface area contributed by atoms with Crippen LogP contribution in [0.15, 0.2) is 4.52 Å². The molecule has 3 rings (SSSR count). The fourth-order valence-corrected chi connectivity index (χ4v) is 3.34. The van der Waals surface area contributed by atoms with Crippen LogP contribution in [0.5, 0.6) is 0 Å². The molecule has 2 saturated carbocycles. The lowest BCUT2D eigenvalue weighted by molar-refractivity contribution is 0.278. The summed E-state index contributed by atoms with van der Waals surface area (Å²) in [5, 5.41) is 4.15. The molecule has 0 radical (unpaired) electrons. The molecule has 1 aromatic rings. The van der Waals surface area contributed by atoms with Crippen molar-refractivity contribution < 1.29 is 4.52 Å². The highest BCUT2D eigenvalue weighted by Crippen LogP contribution is 2.38. The van der Waals surface area contributed by atoms with Crippen LogP contribution in [0.25, 0.3) is 0 Å². The van der Waals surface area contributed by atoms with Gasteiger partial charge in [0.1, 0.15) is 0 Å². The third-order valence-corrected chi connectivity index (χ3v) is 4.75. The van der Waals surface area contributed by atoms with Crippen molar-refractivity contribution >= 4 is 0 Å². The topological polar surface area (TPSA) is 64.9 Å². The Morgan fingerprint density at radius 1 is 1.17 bits per heavy atom. The number of aromatic nitrogens is 2. The van der Waals surface area contributed by atoms with Crippen LogP contribution in [-0.2, 0) is 5.54 Å². The van der Waals surface area contributed by atoms with Crippen molar-refractivity contribution in [2.45, 2.75) is 69.7 Å². The van der Waals surface area contributed by atoms with E-state index in [2.05, 4.69) is 17.1 Å². The summed E-state index contributed by atoms with van der Waals surface area (Å²) in [6.45, 7) is 2.32. The van der Waals surface area contributed by atoms with Gasteiger partial charge in [-0.2, -0.15) is 4.98 Å². The minimum atomic E-state index is -0.316. The van der Waals surface area contributed by atoms with Crippen LogP contribution in [-0.4, -0.2) is 10.1 Å². The van der Waals surface area contributed by atoms with Crippen LogP contribution in [0.4, 0.5) is 0 Å². The van der Waals surface area contributed by atoms with E-state index in [1.807, 2.05) is 0 Å². The van der Waals surface area contributed by atoms with Crippen LogP contribution in [0.3, 0.4) is 0 Å². The second kappa shape index (κ2) is 4.65. The van der Waals surface area contributed by atoms with E-state index in [0.29, 0.717) is 5.92 Å². The Kier molecular flexibility index (Phi) is 3.14. The second-order valence-electron chi connectivity index (χ2n) is 6.28. The molecule has 0 atom stereocenters. The van der Waals surface area contributed by atoms with Crippen LogP contribution in [0.2, 0.25) is 0 Å². The molecular formula is C14H23N3O. The zero-order valence-electron chi connectivity index (χ0n) is 11.2. The first-order valence-corrected chi connectivity index (χ1v) is 7.30. The van der Waals surface area contributed by atoms with Gasteiger partial charge < -0.3 is 10.3 Å². The van der Waals surface area contributed by atoms with Crippen LogP contribution >= 0.6 is 0 Å². The fraction of sp³-hybridized carbons (Fsp3) is 0.857. The lowest BCUT2D eigenvalue weighted by Gasteiger charge is -2.23. The van der Waals surface area contributed by atoms with E-state index in [1.165, 1.54) is 38.5 Å². The maximum Gasteiger partial charge on any atom is 0.229 e. The summed E-state index contributed by atoms with van der Waals surface area (Å²) in [6.07, 6.45) is 9.26. The summed E-state index contributed by atoms with van der Waals surface area (Å²) in [5.41, 5.74) is 6.04. The van der Waals surface area contributed by atoms with Gasteiger partial charge in [0, 0.05) is 5.92 Å². The SMILES string of the molecule is CC1CCC(c2nc(C3(N)CCCC3)no2)CC1. The van der Waals surface area contributed by atoms with E-state index in [0.717, 1.165) is 30.5 Å². The third-order valence-electron chi connectivity index (χ3n) is 4.75. The maximum atomic E-state index is 6.36. The monoisotopic (exact) mass is 249 g/mol. The zero-order valence-corrected chi connectivity index (χ0v) is 11.2. The normalized spacial score (nSPS) is 31.7. The Labute approximate surface area is 108 Å². The molecule has 1 heterocycles. The molecular weight excluding hydrogens is 226 g/mol. The van der Waals surface area contributed by atoms with Crippen molar-refractivity contribution in [1.29, 1.82) is 0 Å². The number of rotatable bonds is 2.